The maximum atomic E-state index is 4.35. The van der Waals surface area contributed by atoms with Gasteiger partial charge in [0.15, 0.2) is 0 Å². The van der Waals surface area contributed by atoms with Crippen molar-refractivity contribution in [2.75, 3.05) is 0 Å². The van der Waals surface area contributed by atoms with Crippen LogP contribution in [0.1, 0.15) is 46.1 Å². The van der Waals surface area contributed by atoms with E-state index >= 15 is 0 Å². The van der Waals surface area contributed by atoms with E-state index in [1.807, 2.05) is 18.6 Å². The first-order valence-corrected chi connectivity index (χ1v) is 7.38. The Hall–Kier alpha value is -1.88. The highest BCUT2D eigenvalue weighted by atomic mass is 15.1. The largest absolute Gasteiger partial charge is 0.287 e. The van der Waals surface area contributed by atoms with Gasteiger partial charge in [0.05, 0.1) is 5.56 Å². The van der Waals surface area contributed by atoms with Gasteiger partial charge in [-0.1, -0.05) is 37.9 Å². The van der Waals surface area contributed by atoms with Gasteiger partial charge < -0.3 is 0 Å². The zero-order chi connectivity index (χ0) is 14.4. The second-order valence-corrected chi connectivity index (χ2v) is 6.04. The number of fused-ring (bicyclic) bond motifs is 3. The summed E-state index contributed by atoms with van der Waals surface area (Å²) in [7, 11) is 0. The van der Waals surface area contributed by atoms with Crippen LogP contribution in [0.4, 0.5) is 0 Å². The fourth-order valence-corrected chi connectivity index (χ4v) is 3.70. The van der Waals surface area contributed by atoms with Gasteiger partial charge in [0.1, 0.15) is 17.4 Å². The summed E-state index contributed by atoms with van der Waals surface area (Å²) in [5.41, 5.74) is 3.85. The molecule has 3 rings (SSSR count). The monoisotopic (exact) mass is 265 g/mol. The fraction of sp³-hybridized carbons (Fsp3) is 0.444. The quantitative estimate of drug-likeness (QED) is 0.760. The summed E-state index contributed by atoms with van der Waals surface area (Å²) in [6, 6.07) is 12.7. The van der Waals surface area contributed by atoms with Crippen LogP contribution >= 0.6 is 0 Å². The average Bonchev–Trinajstić information content (AvgIpc) is 2.52. The van der Waals surface area contributed by atoms with Crippen molar-refractivity contribution in [2.24, 2.45) is 0 Å². The Morgan fingerprint density at radius 1 is 1.20 bits per heavy atom. The van der Waals surface area contributed by atoms with Gasteiger partial charge in [-0.3, -0.25) is 0 Å². The van der Waals surface area contributed by atoms with Gasteiger partial charge in [-0.25, -0.2) is 4.57 Å². The SMILES string of the molecule is CCC1(C)c2ccc#cc2-c2ccnc[n+]2C1(C)CC. The Morgan fingerprint density at radius 2 is 2.00 bits per heavy atom. The van der Waals surface area contributed by atoms with E-state index < -0.39 is 0 Å². The molecule has 1 aromatic carbocycles. The fourth-order valence-electron chi connectivity index (χ4n) is 3.70. The molecule has 1 aromatic heterocycles. The Bertz CT molecular complexity index is 592. The number of nitrogens with zero attached hydrogens (tertiary/aromatic N) is 2. The normalized spacial score (nSPS) is 27.4. The Labute approximate surface area is 121 Å². The smallest absolute Gasteiger partial charge is 0.223 e. The summed E-state index contributed by atoms with van der Waals surface area (Å²) < 4.78 is 2.34. The zero-order valence-electron chi connectivity index (χ0n) is 12.7. The lowest BCUT2D eigenvalue weighted by Gasteiger charge is -2.48. The van der Waals surface area contributed by atoms with E-state index in [4.69, 9.17) is 0 Å². The zero-order valence-corrected chi connectivity index (χ0v) is 12.7. The van der Waals surface area contributed by atoms with E-state index in [0.29, 0.717) is 0 Å². The summed E-state index contributed by atoms with van der Waals surface area (Å²) in [5.74, 6) is 0. The summed E-state index contributed by atoms with van der Waals surface area (Å²) in [6.45, 7) is 9.26. The standard InChI is InChI=1S/C18H21N2/c1-5-17(3)15-10-8-7-9-14(15)16-11-12-19-13-20(16)18(17,4)6-2/h8,10-13H,5-6H2,1-4H3/q+1. The second kappa shape index (κ2) is 4.31. The number of hydrogen-bond donors (Lipinski definition) is 0. The van der Waals surface area contributed by atoms with Crippen LogP contribution in [0.15, 0.2) is 30.7 Å². The molecule has 0 N–H and O–H groups in total. The maximum Gasteiger partial charge on any atom is 0.287 e. The van der Waals surface area contributed by atoms with Crippen LogP contribution in [0.25, 0.3) is 11.3 Å². The van der Waals surface area contributed by atoms with E-state index in [1.54, 1.807) is 0 Å². The van der Waals surface area contributed by atoms with Crippen LogP contribution in [0.2, 0.25) is 0 Å². The molecule has 0 aliphatic carbocycles. The first-order chi connectivity index (χ1) is 9.58. The maximum absolute atomic E-state index is 4.35. The van der Waals surface area contributed by atoms with Gasteiger partial charge in [-0.15, -0.1) is 0 Å². The summed E-state index contributed by atoms with van der Waals surface area (Å²) in [6.07, 6.45) is 5.99. The highest BCUT2D eigenvalue weighted by molar-refractivity contribution is 5.63. The first kappa shape index (κ1) is 13.1. The van der Waals surface area contributed by atoms with Crippen molar-refractivity contribution in [3.05, 3.63) is 48.4 Å². The van der Waals surface area contributed by atoms with Crippen molar-refractivity contribution in [1.82, 2.24) is 4.98 Å². The Morgan fingerprint density at radius 3 is 2.70 bits per heavy atom. The second-order valence-electron chi connectivity index (χ2n) is 6.04. The molecule has 102 valence electrons. The molecule has 2 aromatic rings. The summed E-state index contributed by atoms with van der Waals surface area (Å²) in [4.78, 5) is 4.35. The molecular formula is C18H21N2+. The van der Waals surface area contributed by atoms with Crippen molar-refractivity contribution in [3.8, 4) is 11.3 Å². The van der Waals surface area contributed by atoms with Crippen LogP contribution in [0.3, 0.4) is 0 Å². The molecule has 0 saturated heterocycles. The summed E-state index contributed by atoms with van der Waals surface area (Å²) >= 11 is 0. The molecule has 2 nitrogen and oxygen atoms in total. The van der Waals surface area contributed by atoms with E-state index in [2.05, 4.69) is 61.5 Å². The molecule has 0 amide bonds. The van der Waals surface area contributed by atoms with E-state index in [0.717, 1.165) is 12.8 Å². The number of rotatable bonds is 2. The minimum Gasteiger partial charge on any atom is -0.223 e. The number of hydrogen-bond acceptors (Lipinski definition) is 1. The van der Waals surface area contributed by atoms with Gasteiger partial charge in [0.2, 0.25) is 0 Å². The molecule has 20 heavy (non-hydrogen) atoms. The molecule has 0 radical (unpaired) electrons. The molecule has 1 aliphatic rings. The third kappa shape index (κ3) is 1.41. The lowest BCUT2D eigenvalue weighted by atomic mass is 9.61. The third-order valence-corrected chi connectivity index (χ3v) is 5.53. The lowest BCUT2D eigenvalue weighted by molar-refractivity contribution is -0.767. The lowest BCUT2D eigenvalue weighted by Crippen LogP contribution is -2.67. The van der Waals surface area contributed by atoms with E-state index in [-0.39, 0.29) is 11.0 Å². The van der Waals surface area contributed by atoms with Crippen molar-refractivity contribution >= 4 is 0 Å². The summed E-state index contributed by atoms with van der Waals surface area (Å²) in [5, 5.41) is 0. The first-order valence-electron chi connectivity index (χ1n) is 7.38. The average molecular weight is 265 g/mol. The van der Waals surface area contributed by atoms with E-state index in [9.17, 15) is 0 Å². The van der Waals surface area contributed by atoms with Gasteiger partial charge >= 0.3 is 0 Å². The van der Waals surface area contributed by atoms with Crippen LogP contribution in [-0.4, -0.2) is 4.98 Å². The van der Waals surface area contributed by atoms with E-state index in [1.165, 1.54) is 16.8 Å². The molecule has 0 bridgehead atoms. The number of aromatic nitrogens is 2. The molecule has 0 spiro atoms. The van der Waals surface area contributed by atoms with Crippen LogP contribution in [-0.2, 0) is 11.0 Å². The van der Waals surface area contributed by atoms with Crippen LogP contribution in [0, 0.1) is 12.1 Å². The molecule has 2 unspecified atom stereocenters. The Kier molecular flexibility index (Phi) is 2.83. The molecule has 2 heteroatoms. The van der Waals surface area contributed by atoms with Crippen molar-refractivity contribution in [3.63, 3.8) is 0 Å². The van der Waals surface area contributed by atoms with Crippen molar-refractivity contribution in [2.45, 2.75) is 51.5 Å². The molecule has 2 heterocycles. The topological polar surface area (TPSA) is 16.8 Å². The Balaban J connectivity index is 2.42. The molecule has 0 saturated carbocycles. The highest BCUT2D eigenvalue weighted by Crippen LogP contribution is 2.48. The highest BCUT2D eigenvalue weighted by Gasteiger charge is 2.53. The van der Waals surface area contributed by atoms with Gasteiger partial charge in [-0.2, -0.15) is 0 Å². The van der Waals surface area contributed by atoms with Crippen molar-refractivity contribution < 1.29 is 4.57 Å². The third-order valence-electron chi connectivity index (χ3n) is 5.53. The minimum absolute atomic E-state index is 0.0214. The molecule has 0 fully saturated rings. The predicted molar refractivity (Wildman–Crippen MR) is 79.1 cm³/mol. The minimum atomic E-state index is 0.0214. The van der Waals surface area contributed by atoms with Crippen molar-refractivity contribution in [1.29, 1.82) is 0 Å². The molecule has 1 aliphatic heterocycles. The van der Waals surface area contributed by atoms with Crippen LogP contribution < -0.4 is 4.57 Å². The molecular weight excluding hydrogens is 244 g/mol. The van der Waals surface area contributed by atoms with Gasteiger partial charge in [0, 0.05) is 11.5 Å². The van der Waals surface area contributed by atoms with Gasteiger partial charge in [0.25, 0.3) is 6.33 Å². The molecule has 2 atom stereocenters. The van der Waals surface area contributed by atoms with Gasteiger partial charge in [-0.05, 0) is 37.5 Å². The predicted octanol–water partition coefficient (Wildman–Crippen LogP) is 3.44. The van der Waals surface area contributed by atoms with Crippen LogP contribution in [0.5, 0.6) is 0 Å².